The zero-order valence-corrected chi connectivity index (χ0v) is 9.08. The van der Waals surface area contributed by atoms with Gasteiger partial charge in [0.1, 0.15) is 0 Å². The van der Waals surface area contributed by atoms with Crippen molar-refractivity contribution in [2.45, 2.75) is 25.4 Å². The predicted octanol–water partition coefficient (Wildman–Crippen LogP) is 0.299. The lowest BCUT2D eigenvalue weighted by Crippen LogP contribution is -2.46. The molecule has 2 unspecified atom stereocenters. The van der Waals surface area contributed by atoms with E-state index in [1.54, 1.807) is 0 Å². The number of nitrogens with one attached hydrogen (secondary N) is 1. The molecule has 0 radical (unpaired) electrons. The lowest BCUT2D eigenvalue weighted by molar-refractivity contribution is 0.0264. The fourth-order valence-corrected chi connectivity index (χ4v) is 2.81. The van der Waals surface area contributed by atoms with Crippen LogP contribution in [0, 0.1) is 11.8 Å². The molecule has 0 saturated carbocycles. The Bertz CT molecular complexity index is 178. The van der Waals surface area contributed by atoms with Crippen LogP contribution in [0.5, 0.6) is 0 Å². The van der Waals surface area contributed by atoms with Crippen molar-refractivity contribution >= 4 is 0 Å². The molecule has 0 spiro atoms. The van der Waals surface area contributed by atoms with Gasteiger partial charge in [0.05, 0.1) is 6.10 Å². The van der Waals surface area contributed by atoms with Gasteiger partial charge in [-0.2, -0.15) is 0 Å². The largest absolute Gasteiger partial charge is 0.393 e. The molecule has 2 N–H and O–H groups in total. The molecule has 0 aliphatic carbocycles. The van der Waals surface area contributed by atoms with Gasteiger partial charge in [-0.3, -0.25) is 0 Å². The summed E-state index contributed by atoms with van der Waals surface area (Å²) in [6.45, 7) is 4.42. The third-order valence-corrected chi connectivity index (χ3v) is 3.86. The van der Waals surface area contributed by atoms with Gasteiger partial charge in [-0.15, -0.1) is 0 Å². The Morgan fingerprint density at radius 2 is 1.93 bits per heavy atom. The first-order chi connectivity index (χ1) is 6.77. The summed E-state index contributed by atoms with van der Waals surface area (Å²) in [5, 5.41) is 13.3. The average Bonchev–Trinajstić information content (AvgIpc) is 2.20. The lowest BCUT2D eigenvalue weighted by atomic mass is 9.78. The van der Waals surface area contributed by atoms with Crippen LogP contribution >= 0.6 is 0 Å². The Kier molecular flexibility index (Phi) is 3.42. The number of rotatable bonds is 1. The van der Waals surface area contributed by atoms with Gasteiger partial charge in [-0.05, 0) is 51.9 Å². The van der Waals surface area contributed by atoms with Gasteiger partial charge < -0.3 is 15.3 Å². The van der Waals surface area contributed by atoms with Crippen LogP contribution in [0.15, 0.2) is 0 Å². The van der Waals surface area contributed by atoms with E-state index in [1.165, 1.54) is 25.9 Å². The van der Waals surface area contributed by atoms with Crippen LogP contribution in [0.25, 0.3) is 0 Å². The van der Waals surface area contributed by atoms with Crippen LogP contribution in [0.3, 0.4) is 0 Å². The monoisotopic (exact) mass is 198 g/mol. The van der Waals surface area contributed by atoms with Crippen molar-refractivity contribution in [1.29, 1.82) is 0 Å². The van der Waals surface area contributed by atoms with Crippen molar-refractivity contribution in [3.05, 3.63) is 0 Å². The molecule has 82 valence electrons. The molecule has 2 saturated heterocycles. The maximum atomic E-state index is 9.93. The fourth-order valence-electron chi connectivity index (χ4n) is 2.81. The molecule has 0 amide bonds. The SMILES string of the molecule is CN1CCC(C2CNCCC2O)CC1. The summed E-state index contributed by atoms with van der Waals surface area (Å²) < 4.78 is 0. The molecule has 3 nitrogen and oxygen atoms in total. The zero-order chi connectivity index (χ0) is 9.97. The van der Waals surface area contributed by atoms with E-state index in [2.05, 4.69) is 17.3 Å². The highest BCUT2D eigenvalue weighted by Gasteiger charge is 2.31. The van der Waals surface area contributed by atoms with E-state index in [-0.39, 0.29) is 6.10 Å². The first kappa shape index (κ1) is 10.4. The third-order valence-electron chi connectivity index (χ3n) is 3.86. The first-order valence-electron chi connectivity index (χ1n) is 5.84. The summed E-state index contributed by atoms with van der Waals surface area (Å²) in [4.78, 5) is 2.39. The van der Waals surface area contributed by atoms with Crippen LogP contribution in [-0.4, -0.2) is 49.3 Å². The highest BCUT2D eigenvalue weighted by Crippen LogP contribution is 2.29. The molecule has 2 atom stereocenters. The van der Waals surface area contributed by atoms with E-state index < -0.39 is 0 Å². The quantitative estimate of drug-likeness (QED) is 0.636. The molecule has 2 rings (SSSR count). The number of hydrogen-bond donors (Lipinski definition) is 2. The summed E-state index contributed by atoms with van der Waals surface area (Å²) in [5.74, 6) is 1.26. The van der Waals surface area contributed by atoms with Crippen molar-refractivity contribution in [2.24, 2.45) is 11.8 Å². The summed E-state index contributed by atoms with van der Waals surface area (Å²) in [7, 11) is 2.19. The molecular formula is C11H22N2O. The minimum atomic E-state index is -0.0512. The smallest absolute Gasteiger partial charge is 0.0595 e. The number of hydrogen-bond acceptors (Lipinski definition) is 3. The Morgan fingerprint density at radius 1 is 1.21 bits per heavy atom. The molecule has 3 heteroatoms. The molecule has 0 bridgehead atoms. The Labute approximate surface area is 86.5 Å². The van der Waals surface area contributed by atoms with E-state index in [0.717, 1.165) is 25.4 Å². The highest BCUT2D eigenvalue weighted by atomic mass is 16.3. The fraction of sp³-hybridized carbons (Fsp3) is 1.00. The molecule has 2 aliphatic heterocycles. The van der Waals surface area contributed by atoms with E-state index >= 15 is 0 Å². The van der Waals surface area contributed by atoms with Gasteiger partial charge in [0.25, 0.3) is 0 Å². The van der Waals surface area contributed by atoms with Crippen molar-refractivity contribution in [3.8, 4) is 0 Å². The molecule has 0 aromatic heterocycles. The zero-order valence-electron chi connectivity index (χ0n) is 9.08. The summed E-state index contributed by atoms with van der Waals surface area (Å²) in [5.41, 5.74) is 0. The molecule has 0 aromatic rings. The molecule has 2 heterocycles. The van der Waals surface area contributed by atoms with E-state index in [4.69, 9.17) is 0 Å². The second-order valence-corrected chi connectivity index (χ2v) is 4.86. The van der Waals surface area contributed by atoms with Gasteiger partial charge in [0, 0.05) is 12.5 Å². The van der Waals surface area contributed by atoms with Gasteiger partial charge >= 0.3 is 0 Å². The first-order valence-corrected chi connectivity index (χ1v) is 5.84. The molecule has 2 fully saturated rings. The predicted molar refractivity (Wildman–Crippen MR) is 57.2 cm³/mol. The van der Waals surface area contributed by atoms with Crippen molar-refractivity contribution in [2.75, 3.05) is 33.2 Å². The van der Waals surface area contributed by atoms with E-state index in [0.29, 0.717) is 5.92 Å². The molecule has 14 heavy (non-hydrogen) atoms. The van der Waals surface area contributed by atoms with E-state index in [1.807, 2.05) is 0 Å². The normalized spacial score (nSPS) is 37.3. The summed E-state index contributed by atoms with van der Waals surface area (Å²) >= 11 is 0. The van der Waals surface area contributed by atoms with Gasteiger partial charge in [0.2, 0.25) is 0 Å². The molecule has 0 aromatic carbocycles. The number of aliphatic hydroxyl groups is 1. The van der Waals surface area contributed by atoms with Gasteiger partial charge in [-0.1, -0.05) is 0 Å². The molecular weight excluding hydrogens is 176 g/mol. The maximum Gasteiger partial charge on any atom is 0.0595 e. The number of nitrogens with zero attached hydrogens (tertiary/aromatic N) is 1. The average molecular weight is 198 g/mol. The van der Waals surface area contributed by atoms with Crippen LogP contribution in [0.1, 0.15) is 19.3 Å². The van der Waals surface area contributed by atoms with Crippen molar-refractivity contribution in [1.82, 2.24) is 10.2 Å². The van der Waals surface area contributed by atoms with Crippen LogP contribution in [0.2, 0.25) is 0 Å². The van der Waals surface area contributed by atoms with Crippen molar-refractivity contribution < 1.29 is 5.11 Å². The summed E-state index contributed by atoms with van der Waals surface area (Å²) in [6.07, 6.45) is 3.42. The number of aliphatic hydroxyl groups excluding tert-OH is 1. The summed E-state index contributed by atoms with van der Waals surface area (Å²) in [6, 6.07) is 0. The lowest BCUT2D eigenvalue weighted by Gasteiger charge is -2.39. The van der Waals surface area contributed by atoms with Crippen LogP contribution in [-0.2, 0) is 0 Å². The maximum absolute atomic E-state index is 9.93. The Hall–Kier alpha value is -0.120. The van der Waals surface area contributed by atoms with Gasteiger partial charge in [0.15, 0.2) is 0 Å². The Morgan fingerprint density at radius 3 is 2.57 bits per heavy atom. The second-order valence-electron chi connectivity index (χ2n) is 4.86. The standard InChI is InChI=1S/C11H22N2O/c1-13-6-3-9(4-7-13)10-8-12-5-2-11(10)14/h9-12,14H,2-8H2,1H3. The Balaban J connectivity index is 1.87. The third kappa shape index (κ3) is 2.27. The van der Waals surface area contributed by atoms with Crippen LogP contribution in [0.4, 0.5) is 0 Å². The van der Waals surface area contributed by atoms with Crippen LogP contribution < -0.4 is 5.32 Å². The number of piperidine rings is 2. The minimum Gasteiger partial charge on any atom is -0.393 e. The topological polar surface area (TPSA) is 35.5 Å². The number of likely N-dealkylation sites (tertiary alicyclic amines) is 1. The second kappa shape index (κ2) is 4.60. The molecule has 2 aliphatic rings. The van der Waals surface area contributed by atoms with E-state index in [9.17, 15) is 5.11 Å². The minimum absolute atomic E-state index is 0.0512. The van der Waals surface area contributed by atoms with Crippen molar-refractivity contribution in [3.63, 3.8) is 0 Å². The highest BCUT2D eigenvalue weighted by molar-refractivity contribution is 4.85. The van der Waals surface area contributed by atoms with Gasteiger partial charge in [-0.25, -0.2) is 0 Å².